The van der Waals surface area contributed by atoms with E-state index in [1.807, 2.05) is 31.2 Å². The first-order valence-corrected chi connectivity index (χ1v) is 8.46. The first kappa shape index (κ1) is 18.3. The van der Waals surface area contributed by atoms with Crippen molar-refractivity contribution in [2.45, 2.75) is 13.8 Å². The van der Waals surface area contributed by atoms with Crippen LogP contribution in [0.4, 0.5) is 21.7 Å². The fourth-order valence-electron chi connectivity index (χ4n) is 2.40. The van der Waals surface area contributed by atoms with E-state index in [0.717, 1.165) is 11.4 Å². The maximum Gasteiger partial charge on any atom is 0.274 e. The molecule has 27 heavy (non-hydrogen) atoms. The molecule has 0 bridgehead atoms. The summed E-state index contributed by atoms with van der Waals surface area (Å²) in [5.74, 6) is 0.311. The Kier molecular flexibility index (Phi) is 5.61. The molecule has 1 amide bonds. The van der Waals surface area contributed by atoms with Crippen LogP contribution in [0.5, 0.6) is 5.75 Å². The van der Waals surface area contributed by atoms with Crippen LogP contribution >= 0.6 is 0 Å². The van der Waals surface area contributed by atoms with E-state index in [4.69, 9.17) is 4.74 Å². The maximum absolute atomic E-state index is 13.0. The van der Waals surface area contributed by atoms with E-state index >= 15 is 0 Å². The summed E-state index contributed by atoms with van der Waals surface area (Å²) >= 11 is 0. The molecule has 0 radical (unpaired) electrons. The normalized spacial score (nSPS) is 10.3. The summed E-state index contributed by atoms with van der Waals surface area (Å²) in [6.45, 7) is 4.30. The molecular weight excluding hydrogens is 347 g/mol. The van der Waals surface area contributed by atoms with Gasteiger partial charge in [0.1, 0.15) is 17.3 Å². The van der Waals surface area contributed by atoms with E-state index in [0.29, 0.717) is 23.9 Å². The van der Waals surface area contributed by atoms with Crippen molar-refractivity contribution < 1.29 is 13.9 Å². The van der Waals surface area contributed by atoms with Crippen LogP contribution < -0.4 is 15.4 Å². The van der Waals surface area contributed by atoms with E-state index in [1.54, 1.807) is 13.0 Å². The SMILES string of the molecule is CCOc1ccc(Nc2nc(C)cc(C(=O)Nc3ccc(F)cc3)n2)cc1. The molecule has 2 aromatic carbocycles. The van der Waals surface area contributed by atoms with Crippen LogP contribution in [0.15, 0.2) is 54.6 Å². The molecule has 0 atom stereocenters. The fraction of sp³-hybridized carbons (Fsp3) is 0.150. The van der Waals surface area contributed by atoms with E-state index in [9.17, 15) is 9.18 Å². The molecule has 0 saturated carbocycles. The lowest BCUT2D eigenvalue weighted by Gasteiger charge is -2.10. The zero-order valence-corrected chi connectivity index (χ0v) is 15.0. The van der Waals surface area contributed by atoms with E-state index < -0.39 is 5.91 Å². The van der Waals surface area contributed by atoms with Gasteiger partial charge in [-0.1, -0.05) is 0 Å². The predicted molar refractivity (Wildman–Crippen MR) is 102 cm³/mol. The minimum absolute atomic E-state index is 0.209. The smallest absolute Gasteiger partial charge is 0.274 e. The number of nitrogens with zero attached hydrogens (tertiary/aromatic N) is 2. The first-order chi connectivity index (χ1) is 13.0. The van der Waals surface area contributed by atoms with Gasteiger partial charge in [0.05, 0.1) is 6.61 Å². The second kappa shape index (κ2) is 8.27. The highest BCUT2D eigenvalue weighted by Crippen LogP contribution is 2.19. The molecule has 1 aromatic heterocycles. The third-order valence-corrected chi connectivity index (χ3v) is 3.61. The van der Waals surface area contributed by atoms with Gasteiger partial charge in [-0.15, -0.1) is 0 Å². The Labute approximate surface area is 156 Å². The monoisotopic (exact) mass is 366 g/mol. The van der Waals surface area contributed by atoms with Gasteiger partial charge in [0.2, 0.25) is 5.95 Å². The van der Waals surface area contributed by atoms with Gasteiger partial charge in [0, 0.05) is 17.1 Å². The number of rotatable bonds is 6. The van der Waals surface area contributed by atoms with Gasteiger partial charge in [0.15, 0.2) is 0 Å². The van der Waals surface area contributed by atoms with Gasteiger partial charge in [0.25, 0.3) is 5.91 Å². The number of anilines is 3. The molecular formula is C20H19FN4O2. The largest absolute Gasteiger partial charge is 0.494 e. The summed E-state index contributed by atoms with van der Waals surface area (Å²) in [6.07, 6.45) is 0. The van der Waals surface area contributed by atoms with Crippen LogP contribution in [-0.4, -0.2) is 22.5 Å². The first-order valence-electron chi connectivity index (χ1n) is 8.46. The van der Waals surface area contributed by atoms with Gasteiger partial charge >= 0.3 is 0 Å². The predicted octanol–water partition coefficient (Wildman–Crippen LogP) is 4.32. The molecule has 138 valence electrons. The summed E-state index contributed by atoms with van der Waals surface area (Å²) in [5.41, 5.74) is 2.11. The topological polar surface area (TPSA) is 76.1 Å². The molecule has 0 saturated heterocycles. The highest BCUT2D eigenvalue weighted by Gasteiger charge is 2.11. The Morgan fingerprint density at radius 1 is 1.04 bits per heavy atom. The molecule has 0 spiro atoms. The number of amides is 1. The van der Waals surface area contributed by atoms with Crippen molar-refractivity contribution in [3.63, 3.8) is 0 Å². The molecule has 2 N–H and O–H groups in total. The number of benzene rings is 2. The van der Waals surface area contributed by atoms with Gasteiger partial charge in [-0.25, -0.2) is 14.4 Å². The van der Waals surface area contributed by atoms with Gasteiger partial charge in [-0.3, -0.25) is 4.79 Å². The number of aryl methyl sites for hydroxylation is 1. The van der Waals surface area contributed by atoms with Crippen molar-refractivity contribution in [1.82, 2.24) is 9.97 Å². The Hall–Kier alpha value is -3.48. The van der Waals surface area contributed by atoms with Crippen molar-refractivity contribution in [3.8, 4) is 5.75 Å². The lowest BCUT2D eigenvalue weighted by Crippen LogP contribution is -2.15. The number of nitrogens with one attached hydrogen (secondary N) is 2. The van der Waals surface area contributed by atoms with Crippen LogP contribution in [0.25, 0.3) is 0 Å². The van der Waals surface area contributed by atoms with Gasteiger partial charge in [-0.05, 0) is 68.4 Å². The zero-order chi connectivity index (χ0) is 19.2. The van der Waals surface area contributed by atoms with Crippen molar-refractivity contribution in [3.05, 3.63) is 71.8 Å². The van der Waals surface area contributed by atoms with Crippen molar-refractivity contribution in [1.29, 1.82) is 0 Å². The van der Waals surface area contributed by atoms with E-state index in [1.165, 1.54) is 24.3 Å². The van der Waals surface area contributed by atoms with Crippen LogP contribution in [0.1, 0.15) is 23.1 Å². The number of ether oxygens (including phenoxy) is 1. The number of aromatic nitrogens is 2. The summed E-state index contributed by atoms with van der Waals surface area (Å²) < 4.78 is 18.4. The molecule has 0 aliphatic heterocycles. The number of hydrogen-bond donors (Lipinski definition) is 2. The fourth-order valence-corrected chi connectivity index (χ4v) is 2.40. The standard InChI is InChI=1S/C20H19FN4O2/c1-3-27-17-10-8-16(9-11-17)24-20-22-13(2)12-18(25-20)19(26)23-15-6-4-14(21)5-7-15/h4-12H,3H2,1-2H3,(H,23,26)(H,22,24,25). The molecule has 6 nitrogen and oxygen atoms in total. The lowest BCUT2D eigenvalue weighted by molar-refractivity contribution is 0.102. The molecule has 3 rings (SSSR count). The minimum Gasteiger partial charge on any atom is -0.494 e. The molecule has 3 aromatic rings. The third-order valence-electron chi connectivity index (χ3n) is 3.61. The van der Waals surface area contributed by atoms with Crippen LogP contribution in [-0.2, 0) is 0 Å². The van der Waals surface area contributed by atoms with Gasteiger partial charge in [-0.2, -0.15) is 0 Å². The third kappa shape index (κ3) is 5.01. The molecule has 1 heterocycles. The Morgan fingerprint density at radius 2 is 1.70 bits per heavy atom. The van der Waals surface area contributed by atoms with E-state index in [-0.39, 0.29) is 11.5 Å². The highest BCUT2D eigenvalue weighted by molar-refractivity contribution is 6.03. The number of carbonyl (C=O) groups excluding carboxylic acids is 1. The van der Waals surface area contributed by atoms with Crippen LogP contribution in [0.3, 0.4) is 0 Å². The van der Waals surface area contributed by atoms with Crippen molar-refractivity contribution in [2.24, 2.45) is 0 Å². The van der Waals surface area contributed by atoms with Crippen LogP contribution in [0, 0.1) is 12.7 Å². The van der Waals surface area contributed by atoms with Crippen LogP contribution in [0.2, 0.25) is 0 Å². The molecule has 0 fully saturated rings. The number of halogens is 1. The maximum atomic E-state index is 13.0. The second-order valence-corrected chi connectivity index (χ2v) is 5.76. The summed E-state index contributed by atoms with van der Waals surface area (Å²) in [6, 6.07) is 14.5. The Bertz CT molecular complexity index is 928. The quantitative estimate of drug-likeness (QED) is 0.679. The number of hydrogen-bond acceptors (Lipinski definition) is 5. The lowest BCUT2D eigenvalue weighted by atomic mass is 10.2. The molecule has 0 unspecified atom stereocenters. The van der Waals surface area contributed by atoms with Crippen molar-refractivity contribution in [2.75, 3.05) is 17.2 Å². The summed E-state index contributed by atoms with van der Waals surface area (Å²) in [7, 11) is 0. The summed E-state index contributed by atoms with van der Waals surface area (Å²) in [4.78, 5) is 21.0. The Balaban J connectivity index is 1.75. The Morgan fingerprint density at radius 3 is 2.37 bits per heavy atom. The molecule has 0 aliphatic carbocycles. The average molecular weight is 366 g/mol. The molecule has 0 aliphatic rings. The molecule has 7 heteroatoms. The second-order valence-electron chi connectivity index (χ2n) is 5.76. The van der Waals surface area contributed by atoms with Crippen molar-refractivity contribution >= 4 is 23.2 Å². The average Bonchev–Trinajstić information content (AvgIpc) is 2.65. The summed E-state index contributed by atoms with van der Waals surface area (Å²) in [5, 5.41) is 5.76. The minimum atomic E-state index is -0.401. The zero-order valence-electron chi connectivity index (χ0n) is 15.0. The van der Waals surface area contributed by atoms with Gasteiger partial charge < -0.3 is 15.4 Å². The number of carbonyl (C=O) groups is 1. The van der Waals surface area contributed by atoms with E-state index in [2.05, 4.69) is 20.6 Å². The highest BCUT2D eigenvalue weighted by atomic mass is 19.1.